The van der Waals surface area contributed by atoms with Crippen LogP contribution in [0.25, 0.3) is 0 Å². The van der Waals surface area contributed by atoms with Gasteiger partial charge in [-0.25, -0.2) is 0 Å². The summed E-state index contributed by atoms with van der Waals surface area (Å²) in [5.74, 6) is 2.40. The molecule has 0 aromatic heterocycles. The van der Waals surface area contributed by atoms with Crippen molar-refractivity contribution >= 4 is 11.4 Å². The van der Waals surface area contributed by atoms with E-state index in [1.807, 2.05) is 0 Å². The number of anilines is 2. The van der Waals surface area contributed by atoms with Gasteiger partial charge in [0.1, 0.15) is 0 Å². The Bertz CT molecular complexity index is 841. The van der Waals surface area contributed by atoms with Crippen LogP contribution in [0.15, 0.2) is 36.4 Å². The van der Waals surface area contributed by atoms with Gasteiger partial charge in [-0.2, -0.15) is 0 Å². The first-order valence-corrected chi connectivity index (χ1v) is 13.7. The van der Waals surface area contributed by atoms with Crippen LogP contribution >= 0.6 is 0 Å². The van der Waals surface area contributed by atoms with E-state index in [9.17, 15) is 0 Å². The van der Waals surface area contributed by atoms with E-state index >= 15 is 0 Å². The molecule has 0 spiro atoms. The third kappa shape index (κ3) is 7.69. The van der Waals surface area contributed by atoms with Gasteiger partial charge >= 0.3 is 20.4 Å². The molecule has 0 bridgehead atoms. The fourth-order valence-corrected chi connectivity index (χ4v) is 5.44. The van der Waals surface area contributed by atoms with Crippen LogP contribution < -0.4 is 34.6 Å². The molecule has 0 saturated carbocycles. The molecule has 0 N–H and O–H groups in total. The summed E-state index contributed by atoms with van der Waals surface area (Å²) < 4.78 is 0. The molecule has 2 fully saturated rings. The SMILES string of the molecule is CC(C)c1cccc(C(C)C)c1N1C(C)C1C.CC(C)c1cccc(C(C)C)c1N1C(C)C1C.[Cl-].[Cl-].[Pd+2]. The van der Waals surface area contributed by atoms with Crippen LogP contribution in [0.4, 0.5) is 11.4 Å². The molecule has 2 aromatic carbocycles. The summed E-state index contributed by atoms with van der Waals surface area (Å²) in [6.45, 7) is 27.6. The predicted molar refractivity (Wildman–Crippen MR) is 152 cm³/mol. The minimum absolute atomic E-state index is 0. The standard InChI is InChI=1S/2C16H25N.2ClH.Pd/c2*1-10(2)14-8-7-9-15(11(3)4)16(14)17-12(5)13(17)6;;;/h2*7-13H,1-6H3;2*1H;/q;;;;+2/p-2. The molecule has 2 heterocycles. The Labute approximate surface area is 254 Å². The number of hydrogen-bond acceptors (Lipinski definition) is 2. The third-order valence-electron chi connectivity index (χ3n) is 8.17. The second-order valence-corrected chi connectivity index (χ2v) is 12.0. The van der Waals surface area contributed by atoms with Crippen LogP contribution in [-0.2, 0) is 20.4 Å². The minimum atomic E-state index is 0. The van der Waals surface area contributed by atoms with Crippen LogP contribution in [0.1, 0.15) is 129 Å². The molecule has 4 unspecified atom stereocenters. The fourth-order valence-electron chi connectivity index (χ4n) is 5.44. The molecule has 2 aliphatic heterocycles. The normalized spacial score (nSPS) is 21.7. The maximum absolute atomic E-state index is 2.57. The Morgan fingerprint density at radius 3 is 0.784 bits per heavy atom. The van der Waals surface area contributed by atoms with Crippen molar-refractivity contribution in [1.29, 1.82) is 0 Å². The summed E-state index contributed by atoms with van der Waals surface area (Å²) in [7, 11) is 0. The van der Waals surface area contributed by atoms with Gasteiger partial charge in [-0.1, -0.05) is 91.8 Å². The van der Waals surface area contributed by atoms with Crippen LogP contribution in [0, 0.1) is 0 Å². The zero-order chi connectivity index (χ0) is 25.5. The third-order valence-corrected chi connectivity index (χ3v) is 8.17. The smallest absolute Gasteiger partial charge is 1.00 e. The van der Waals surface area contributed by atoms with Crippen molar-refractivity contribution in [1.82, 2.24) is 0 Å². The van der Waals surface area contributed by atoms with Gasteiger partial charge in [-0.3, -0.25) is 0 Å². The van der Waals surface area contributed by atoms with Gasteiger partial charge in [-0.15, -0.1) is 0 Å². The van der Waals surface area contributed by atoms with Crippen molar-refractivity contribution in [3.63, 3.8) is 0 Å². The van der Waals surface area contributed by atoms with Crippen molar-refractivity contribution in [2.24, 2.45) is 0 Å². The van der Waals surface area contributed by atoms with Crippen molar-refractivity contribution in [3.8, 4) is 0 Å². The number of rotatable bonds is 6. The molecule has 0 amide bonds. The first-order chi connectivity index (χ1) is 15.9. The number of nitrogens with zero attached hydrogens (tertiary/aromatic N) is 2. The summed E-state index contributed by atoms with van der Waals surface area (Å²) in [6.07, 6.45) is 0. The molecule has 2 nitrogen and oxygen atoms in total. The molecule has 0 aliphatic carbocycles. The van der Waals surface area contributed by atoms with E-state index in [1.54, 1.807) is 0 Å². The van der Waals surface area contributed by atoms with E-state index in [0.29, 0.717) is 47.8 Å². The number of hydrogen-bond donors (Lipinski definition) is 0. The quantitative estimate of drug-likeness (QED) is 0.354. The molecule has 212 valence electrons. The largest absolute Gasteiger partial charge is 2.00 e. The molecule has 4 atom stereocenters. The average Bonchev–Trinajstić information content (AvgIpc) is 3.59. The topological polar surface area (TPSA) is 6.02 Å². The first-order valence-electron chi connectivity index (χ1n) is 13.7. The van der Waals surface area contributed by atoms with Gasteiger partial charge in [-0.05, 0) is 73.6 Å². The number of para-hydroxylation sites is 2. The molecule has 0 radical (unpaired) electrons. The van der Waals surface area contributed by atoms with Crippen molar-refractivity contribution in [3.05, 3.63) is 58.7 Å². The zero-order valence-electron chi connectivity index (χ0n) is 25.0. The Morgan fingerprint density at radius 2 is 0.649 bits per heavy atom. The molecule has 4 rings (SSSR count). The molecule has 37 heavy (non-hydrogen) atoms. The molecule has 5 heteroatoms. The summed E-state index contributed by atoms with van der Waals surface area (Å²) >= 11 is 0. The van der Waals surface area contributed by atoms with Crippen molar-refractivity contribution in [2.45, 2.75) is 131 Å². The Morgan fingerprint density at radius 1 is 0.459 bits per heavy atom. The van der Waals surface area contributed by atoms with Gasteiger partial charge in [0.2, 0.25) is 0 Å². The maximum Gasteiger partial charge on any atom is 2.00 e. The summed E-state index contributed by atoms with van der Waals surface area (Å²) in [4.78, 5) is 5.15. The van der Waals surface area contributed by atoms with Crippen molar-refractivity contribution < 1.29 is 45.2 Å². The Kier molecular flexibility index (Phi) is 14.3. The van der Waals surface area contributed by atoms with E-state index in [1.165, 1.54) is 33.6 Å². The van der Waals surface area contributed by atoms with Crippen molar-refractivity contribution in [2.75, 3.05) is 9.80 Å². The van der Waals surface area contributed by atoms with E-state index in [2.05, 4.69) is 129 Å². The first kappa shape index (κ1) is 36.3. The minimum Gasteiger partial charge on any atom is -1.00 e. The summed E-state index contributed by atoms with van der Waals surface area (Å²) in [5.41, 5.74) is 9.05. The second kappa shape index (κ2) is 14.6. The predicted octanol–water partition coefficient (Wildman–Crippen LogP) is 3.07. The van der Waals surface area contributed by atoms with Crippen LogP contribution in [0.5, 0.6) is 0 Å². The van der Waals surface area contributed by atoms with Gasteiger partial charge in [0.05, 0.1) is 0 Å². The molecular formula is C32H50Cl2N2Pd. The Balaban J connectivity index is 0.000000648. The van der Waals surface area contributed by atoms with E-state index in [-0.39, 0.29) is 45.2 Å². The van der Waals surface area contributed by atoms with E-state index in [0.717, 1.165) is 0 Å². The molecular weight excluding hydrogens is 590 g/mol. The molecule has 2 saturated heterocycles. The van der Waals surface area contributed by atoms with Gasteiger partial charge in [0.15, 0.2) is 0 Å². The average molecular weight is 640 g/mol. The number of benzene rings is 2. The fraction of sp³-hybridized carbons (Fsp3) is 0.625. The van der Waals surface area contributed by atoms with Gasteiger partial charge in [0.25, 0.3) is 0 Å². The van der Waals surface area contributed by atoms with Crippen LogP contribution in [0.3, 0.4) is 0 Å². The van der Waals surface area contributed by atoms with Gasteiger partial charge < -0.3 is 34.6 Å². The monoisotopic (exact) mass is 638 g/mol. The second-order valence-electron chi connectivity index (χ2n) is 12.0. The van der Waals surface area contributed by atoms with Gasteiger partial charge in [0, 0.05) is 35.5 Å². The zero-order valence-corrected chi connectivity index (χ0v) is 28.1. The van der Waals surface area contributed by atoms with Crippen LogP contribution in [-0.4, -0.2) is 24.2 Å². The van der Waals surface area contributed by atoms with E-state index < -0.39 is 0 Å². The Hall–Kier alpha value is -0.718. The van der Waals surface area contributed by atoms with Crippen LogP contribution in [0.2, 0.25) is 0 Å². The number of halogens is 2. The molecule has 2 aromatic rings. The summed E-state index contributed by atoms with van der Waals surface area (Å²) in [6, 6.07) is 16.4. The summed E-state index contributed by atoms with van der Waals surface area (Å²) in [5, 5.41) is 0. The molecule has 2 aliphatic rings. The maximum atomic E-state index is 2.57. The van der Waals surface area contributed by atoms with E-state index in [4.69, 9.17) is 0 Å².